The number of aliphatic hydroxyl groups is 2. The molecule has 13 heteroatoms. The molecule has 2 aromatic rings. The average molecular weight is 467 g/mol. The van der Waals surface area contributed by atoms with Crippen molar-refractivity contribution in [1.82, 2.24) is 15.0 Å². The summed E-state index contributed by atoms with van der Waals surface area (Å²) >= 11 is 0. The molecule has 174 valence electrons. The summed E-state index contributed by atoms with van der Waals surface area (Å²) in [5.74, 6) is -0.0990. The molecule has 12 nitrogen and oxygen atoms in total. The summed E-state index contributed by atoms with van der Waals surface area (Å²) in [6.07, 6.45) is -0.0995. The molecule has 4 rings (SSSR count). The Kier molecular flexibility index (Phi) is 6.55. The molecule has 1 unspecified atom stereocenters. The molecule has 6 N–H and O–H groups in total. The van der Waals surface area contributed by atoms with Crippen molar-refractivity contribution in [3.05, 3.63) is 41.7 Å². The average Bonchev–Trinajstić information content (AvgIpc) is 3.24. The lowest BCUT2D eigenvalue weighted by Gasteiger charge is -2.21. The van der Waals surface area contributed by atoms with Gasteiger partial charge in [0.05, 0.1) is 30.9 Å². The first-order chi connectivity index (χ1) is 15.2. The number of nitrogens with zero attached hydrogens (tertiary/aromatic N) is 3. The molecule has 0 aliphatic heterocycles. The maximum Gasteiger partial charge on any atom is 0.333 e. The Morgan fingerprint density at radius 3 is 2.59 bits per heavy atom. The van der Waals surface area contributed by atoms with Crippen molar-refractivity contribution in [3.8, 4) is 0 Å². The highest BCUT2D eigenvalue weighted by molar-refractivity contribution is 7.84. The summed E-state index contributed by atoms with van der Waals surface area (Å²) in [6.45, 7) is -0.335. The van der Waals surface area contributed by atoms with E-state index in [1.165, 1.54) is 11.9 Å². The monoisotopic (exact) mass is 466 g/mol. The Morgan fingerprint density at radius 2 is 1.88 bits per heavy atom. The third kappa shape index (κ3) is 4.98. The molecule has 0 saturated heterocycles. The number of ether oxygens (including phenoxy) is 1. The maximum absolute atomic E-state index is 11.0. The smallest absolute Gasteiger partial charge is 0.333 e. The van der Waals surface area contributed by atoms with Crippen LogP contribution in [-0.2, 0) is 25.6 Å². The SMILES string of the molecule is CO[C@H]1Cc2ccccc2[C@H]1Nc1ncnc(N[C@@H]2C[C@@H](COS(N)(=O)=O)[C@H](O)C2O)n1. The van der Waals surface area contributed by atoms with Gasteiger partial charge in [0, 0.05) is 19.4 Å². The van der Waals surface area contributed by atoms with Crippen LogP contribution in [0.2, 0.25) is 0 Å². The zero-order valence-corrected chi connectivity index (χ0v) is 18.1. The van der Waals surface area contributed by atoms with Crippen LogP contribution in [0.15, 0.2) is 30.6 Å². The molecule has 2 aliphatic rings. The second kappa shape index (κ2) is 9.21. The molecular weight excluding hydrogens is 440 g/mol. The summed E-state index contributed by atoms with van der Waals surface area (Å²) in [6, 6.07) is 7.30. The van der Waals surface area contributed by atoms with Crippen molar-refractivity contribution in [2.24, 2.45) is 11.1 Å². The van der Waals surface area contributed by atoms with Crippen LogP contribution in [0.3, 0.4) is 0 Å². The Balaban J connectivity index is 1.43. The van der Waals surface area contributed by atoms with Crippen molar-refractivity contribution in [2.45, 2.75) is 43.2 Å². The Hall–Kier alpha value is -2.42. The lowest BCUT2D eigenvalue weighted by atomic mass is 10.1. The van der Waals surface area contributed by atoms with Crippen molar-refractivity contribution < 1.29 is 27.6 Å². The van der Waals surface area contributed by atoms with Crippen LogP contribution in [0.25, 0.3) is 0 Å². The number of nitrogens with one attached hydrogen (secondary N) is 2. The molecule has 1 aromatic heterocycles. The van der Waals surface area contributed by atoms with E-state index in [-0.39, 0.29) is 31.1 Å². The van der Waals surface area contributed by atoms with E-state index in [4.69, 9.17) is 9.88 Å². The van der Waals surface area contributed by atoms with Crippen LogP contribution in [0.4, 0.5) is 11.9 Å². The van der Waals surface area contributed by atoms with Gasteiger partial charge >= 0.3 is 10.3 Å². The highest BCUT2D eigenvalue weighted by atomic mass is 32.2. The van der Waals surface area contributed by atoms with Crippen LogP contribution in [-0.4, -0.2) is 71.7 Å². The van der Waals surface area contributed by atoms with E-state index in [0.717, 1.165) is 12.0 Å². The molecule has 0 radical (unpaired) electrons. The van der Waals surface area contributed by atoms with Gasteiger partial charge in [0.1, 0.15) is 12.4 Å². The number of anilines is 2. The number of fused-ring (bicyclic) bond motifs is 1. The van der Waals surface area contributed by atoms with Gasteiger partial charge < -0.3 is 25.6 Å². The first kappa shape index (κ1) is 22.8. The van der Waals surface area contributed by atoms with Crippen molar-refractivity contribution in [2.75, 3.05) is 24.4 Å². The van der Waals surface area contributed by atoms with Gasteiger partial charge in [-0.2, -0.15) is 13.4 Å². The van der Waals surface area contributed by atoms with Gasteiger partial charge in [0.2, 0.25) is 11.9 Å². The zero-order chi connectivity index (χ0) is 22.9. The summed E-state index contributed by atoms with van der Waals surface area (Å²) in [7, 11) is -2.48. The number of aromatic nitrogens is 3. The second-order valence-electron chi connectivity index (χ2n) is 7.94. The largest absolute Gasteiger partial charge is 0.390 e. The summed E-state index contributed by atoms with van der Waals surface area (Å²) in [5.41, 5.74) is 2.31. The van der Waals surface area contributed by atoms with Crippen LogP contribution < -0.4 is 15.8 Å². The minimum Gasteiger partial charge on any atom is -0.390 e. The van der Waals surface area contributed by atoms with Gasteiger partial charge in [0.15, 0.2) is 0 Å². The Bertz CT molecular complexity index is 1060. The van der Waals surface area contributed by atoms with E-state index < -0.39 is 34.5 Å². The third-order valence-electron chi connectivity index (χ3n) is 5.90. The standard InChI is InChI=1S/C19H26N6O6S/c1-30-14-7-10-4-2-3-5-12(10)15(14)24-19-22-9-21-18(25-19)23-13-6-11(16(26)17(13)27)8-31-32(20,28)29/h2-5,9,11,13-17,26-27H,6-8H2,1H3,(H2,20,28,29)(H2,21,22,23,24,25)/t11-,13+,14-,15+,16-,17?/m0/s1. The molecule has 0 bridgehead atoms. The summed E-state index contributed by atoms with van der Waals surface area (Å²) in [4.78, 5) is 12.6. The van der Waals surface area contributed by atoms with Crippen LogP contribution in [0.5, 0.6) is 0 Å². The number of benzene rings is 1. The van der Waals surface area contributed by atoms with Gasteiger partial charge in [-0.05, 0) is 17.5 Å². The summed E-state index contributed by atoms with van der Waals surface area (Å²) in [5, 5.41) is 31.7. The molecular formula is C19H26N6O6S. The summed E-state index contributed by atoms with van der Waals surface area (Å²) < 4.78 is 32.2. The normalized spacial score (nSPS) is 29.6. The van der Waals surface area contributed by atoms with E-state index in [1.54, 1.807) is 7.11 Å². The number of methoxy groups -OCH3 is 1. The van der Waals surface area contributed by atoms with E-state index in [2.05, 4.69) is 35.8 Å². The molecule has 6 atom stereocenters. The molecule has 2 aliphatic carbocycles. The zero-order valence-electron chi connectivity index (χ0n) is 17.3. The van der Waals surface area contributed by atoms with Gasteiger partial charge in [-0.1, -0.05) is 24.3 Å². The Labute approximate surface area is 185 Å². The molecule has 0 amide bonds. The fourth-order valence-electron chi connectivity index (χ4n) is 4.30. The van der Waals surface area contributed by atoms with Gasteiger partial charge in [0.25, 0.3) is 0 Å². The van der Waals surface area contributed by atoms with E-state index >= 15 is 0 Å². The molecule has 1 aromatic carbocycles. The number of aliphatic hydroxyl groups excluding tert-OH is 2. The highest BCUT2D eigenvalue weighted by Gasteiger charge is 2.42. The predicted octanol–water partition coefficient (Wildman–Crippen LogP) is -0.662. The second-order valence-corrected chi connectivity index (χ2v) is 9.16. The number of hydrogen-bond donors (Lipinski definition) is 5. The predicted molar refractivity (Wildman–Crippen MR) is 114 cm³/mol. The number of hydrogen-bond acceptors (Lipinski definition) is 11. The van der Waals surface area contributed by atoms with E-state index in [9.17, 15) is 18.6 Å². The first-order valence-corrected chi connectivity index (χ1v) is 11.6. The Morgan fingerprint density at radius 1 is 1.16 bits per heavy atom. The fraction of sp³-hybridized carbons (Fsp3) is 0.526. The molecule has 0 spiro atoms. The van der Waals surface area contributed by atoms with Crippen molar-refractivity contribution in [3.63, 3.8) is 0 Å². The highest BCUT2D eigenvalue weighted by Crippen LogP contribution is 2.35. The molecule has 32 heavy (non-hydrogen) atoms. The lowest BCUT2D eigenvalue weighted by molar-refractivity contribution is 0.00776. The number of rotatable bonds is 8. The minimum atomic E-state index is -4.14. The minimum absolute atomic E-state index is 0.0769. The van der Waals surface area contributed by atoms with E-state index in [0.29, 0.717) is 5.95 Å². The van der Waals surface area contributed by atoms with Gasteiger partial charge in [-0.3, -0.25) is 4.18 Å². The number of nitrogens with two attached hydrogens (primary N) is 1. The molecule has 1 saturated carbocycles. The van der Waals surface area contributed by atoms with Gasteiger partial charge in [-0.15, -0.1) is 0 Å². The third-order valence-corrected chi connectivity index (χ3v) is 6.37. The van der Waals surface area contributed by atoms with Gasteiger partial charge in [-0.25, -0.2) is 15.1 Å². The molecule has 1 fully saturated rings. The topological polar surface area (TPSA) is 182 Å². The van der Waals surface area contributed by atoms with Crippen LogP contribution in [0.1, 0.15) is 23.6 Å². The first-order valence-electron chi connectivity index (χ1n) is 10.1. The van der Waals surface area contributed by atoms with Crippen LogP contribution in [0, 0.1) is 5.92 Å². The van der Waals surface area contributed by atoms with Crippen LogP contribution >= 0.6 is 0 Å². The van der Waals surface area contributed by atoms with E-state index in [1.807, 2.05) is 18.2 Å². The molecule has 1 heterocycles. The lowest BCUT2D eigenvalue weighted by Crippen LogP contribution is -2.36. The maximum atomic E-state index is 11.0. The quantitative estimate of drug-likeness (QED) is 0.333. The fourth-order valence-corrected chi connectivity index (χ4v) is 4.67. The van der Waals surface area contributed by atoms with Crippen molar-refractivity contribution >= 4 is 22.2 Å². The van der Waals surface area contributed by atoms with Crippen molar-refractivity contribution in [1.29, 1.82) is 0 Å².